The first-order valence-electron chi connectivity index (χ1n) is 20.0. The van der Waals surface area contributed by atoms with E-state index in [9.17, 15) is 27.6 Å². The molecule has 0 radical (unpaired) electrons. The van der Waals surface area contributed by atoms with E-state index in [2.05, 4.69) is 20.5 Å². The largest absolute Gasteiger partial charge is 0.497 e. The van der Waals surface area contributed by atoms with Crippen LogP contribution in [0.3, 0.4) is 0 Å². The molecule has 2 saturated carbocycles. The zero-order chi connectivity index (χ0) is 42.3. The number of aromatic nitrogens is 1. The predicted molar refractivity (Wildman–Crippen MR) is 212 cm³/mol. The number of fused-ring (bicyclic) bond motifs is 1. The van der Waals surface area contributed by atoms with Crippen molar-refractivity contribution < 1.29 is 50.7 Å². The Hall–Kier alpha value is -4.26. The Kier molecular flexibility index (Phi) is 12.3. The van der Waals surface area contributed by atoms with Crippen LogP contribution in [0.1, 0.15) is 80.6 Å². The minimum atomic E-state index is -4.47. The molecule has 2 aliphatic heterocycles. The highest BCUT2D eigenvalue weighted by Gasteiger charge is 2.62. The van der Waals surface area contributed by atoms with Crippen LogP contribution in [0.5, 0.6) is 11.6 Å². The summed E-state index contributed by atoms with van der Waals surface area (Å²) in [4.78, 5) is 64.4. The highest BCUT2D eigenvalue weighted by Crippen LogP contribution is 2.47. The highest BCUT2D eigenvalue weighted by atomic mass is 32.2. The second-order valence-corrected chi connectivity index (χ2v) is 19.1. The van der Waals surface area contributed by atoms with Gasteiger partial charge in [0.25, 0.3) is 5.91 Å². The average molecular weight is 831 g/mol. The Labute approximate surface area is 340 Å². The maximum Gasteiger partial charge on any atom is 0.408 e. The molecule has 2 saturated heterocycles. The van der Waals surface area contributed by atoms with Gasteiger partial charge in [0, 0.05) is 37.6 Å². The van der Waals surface area contributed by atoms with Gasteiger partial charge in [0.15, 0.2) is 0 Å². The lowest BCUT2D eigenvalue weighted by Gasteiger charge is -2.37. The predicted octanol–water partition coefficient (Wildman–Crippen LogP) is 3.06. The second kappa shape index (κ2) is 16.4. The monoisotopic (exact) mass is 830 g/mol. The van der Waals surface area contributed by atoms with Crippen molar-refractivity contribution in [1.82, 2.24) is 30.1 Å². The van der Waals surface area contributed by atoms with Crippen LogP contribution in [0.4, 0.5) is 4.79 Å². The molecule has 3 heterocycles. The number of rotatable bonds is 15. The molecule has 2 aromatic rings. The Bertz CT molecular complexity index is 2000. The van der Waals surface area contributed by atoms with Gasteiger partial charge in [-0.2, -0.15) is 8.42 Å². The molecule has 0 bridgehead atoms. The van der Waals surface area contributed by atoms with E-state index in [1.807, 2.05) is 29.8 Å². The molecule has 4 aliphatic rings. The number of amides is 4. The van der Waals surface area contributed by atoms with Crippen molar-refractivity contribution in [2.24, 2.45) is 11.3 Å². The lowest BCUT2D eigenvalue weighted by Crippen LogP contribution is -2.60. The zero-order valence-electron chi connectivity index (χ0n) is 34.7. The van der Waals surface area contributed by atoms with Crippen molar-refractivity contribution in [2.45, 2.75) is 115 Å². The number of nitrogens with one attached hydrogen (secondary N) is 3. The molecule has 18 heteroatoms. The molecular weight excluding hydrogens is 773 g/mol. The van der Waals surface area contributed by atoms with Gasteiger partial charge in [0.05, 0.1) is 32.5 Å². The molecule has 5 unspecified atom stereocenters. The number of nitrogens with zero attached hydrogens (tertiary/aromatic N) is 3. The fraction of sp³-hybridized carbons (Fsp3) is 0.675. The van der Waals surface area contributed by atoms with Crippen LogP contribution in [0.2, 0.25) is 0 Å². The molecule has 1 aromatic carbocycles. The standard InChI is InChI=1S/C40H58N6O11S/c1-9-26-22-40(26,35(49)44-58(51,52)57-39(7)13-14-39)43-32(47)30-21-28(55-33-29-11-10-27(53-8)20-25(29)12-15-41-33)23-46(30)34(48)31(37(2,3)4)42-36(50)56-38(5,6)24-45-16-18-54-19-17-45/h10-12,15,20,26,28,30-31H,9,13-14,16-19,21-24H2,1-8H3,(H,42,50)(H,43,47)(H,44,49). The summed E-state index contributed by atoms with van der Waals surface area (Å²) in [6.07, 6.45) is 1.80. The Morgan fingerprint density at radius 2 is 1.78 bits per heavy atom. The number of pyridine rings is 1. The van der Waals surface area contributed by atoms with Crippen LogP contribution in [-0.4, -0.2) is 128 Å². The molecule has 0 spiro atoms. The van der Waals surface area contributed by atoms with E-state index in [0.29, 0.717) is 63.2 Å². The molecule has 17 nitrogen and oxygen atoms in total. The fourth-order valence-electron chi connectivity index (χ4n) is 7.79. The number of ether oxygens (including phenoxy) is 4. The van der Waals surface area contributed by atoms with Crippen molar-refractivity contribution in [3.63, 3.8) is 0 Å². The maximum atomic E-state index is 14.8. The van der Waals surface area contributed by atoms with Crippen LogP contribution in [0.15, 0.2) is 30.5 Å². The number of morpholine rings is 1. The van der Waals surface area contributed by atoms with Crippen LogP contribution in [-0.2, 0) is 38.3 Å². The first kappa shape index (κ1) is 43.3. The number of hydrogen-bond acceptors (Lipinski definition) is 13. The van der Waals surface area contributed by atoms with Gasteiger partial charge in [0.2, 0.25) is 17.7 Å². The third-order valence-electron chi connectivity index (χ3n) is 11.3. The molecule has 3 N–H and O–H groups in total. The second-order valence-electron chi connectivity index (χ2n) is 17.9. The van der Waals surface area contributed by atoms with Crippen molar-refractivity contribution in [1.29, 1.82) is 0 Å². The van der Waals surface area contributed by atoms with Crippen molar-refractivity contribution >= 4 is 44.9 Å². The number of likely N-dealkylation sites (tertiary alicyclic amines) is 1. The lowest BCUT2D eigenvalue weighted by molar-refractivity contribution is -0.143. The Balaban J connectivity index is 1.25. The summed E-state index contributed by atoms with van der Waals surface area (Å²) in [6.45, 7) is 15.4. The van der Waals surface area contributed by atoms with E-state index >= 15 is 0 Å². The number of benzene rings is 1. The third-order valence-corrected chi connectivity index (χ3v) is 12.4. The topological polar surface area (TPSA) is 204 Å². The molecule has 1 aromatic heterocycles. The quantitative estimate of drug-likeness (QED) is 0.237. The molecule has 4 amide bonds. The van der Waals surface area contributed by atoms with Crippen LogP contribution in [0.25, 0.3) is 10.8 Å². The van der Waals surface area contributed by atoms with E-state index < -0.39 is 74.5 Å². The minimum Gasteiger partial charge on any atom is -0.497 e. The number of carbonyl (C=O) groups is 4. The van der Waals surface area contributed by atoms with E-state index in [-0.39, 0.29) is 31.2 Å². The molecule has 58 heavy (non-hydrogen) atoms. The van der Waals surface area contributed by atoms with Crippen molar-refractivity contribution in [2.75, 3.05) is 46.5 Å². The van der Waals surface area contributed by atoms with E-state index in [4.69, 9.17) is 23.1 Å². The highest BCUT2D eigenvalue weighted by molar-refractivity contribution is 7.85. The van der Waals surface area contributed by atoms with Gasteiger partial charge < -0.3 is 34.5 Å². The Morgan fingerprint density at radius 1 is 1.07 bits per heavy atom. The summed E-state index contributed by atoms with van der Waals surface area (Å²) in [5, 5.41) is 7.12. The number of methoxy groups -OCH3 is 1. The van der Waals surface area contributed by atoms with E-state index in [0.717, 1.165) is 5.39 Å². The molecular formula is C40H58N6O11S. The summed E-state index contributed by atoms with van der Waals surface area (Å²) in [7, 11) is -2.90. The molecule has 5 atom stereocenters. The number of hydrogen-bond donors (Lipinski definition) is 3. The van der Waals surface area contributed by atoms with Gasteiger partial charge in [-0.25, -0.2) is 18.7 Å². The van der Waals surface area contributed by atoms with Crippen molar-refractivity contribution in [3.05, 3.63) is 30.5 Å². The molecule has 6 rings (SSSR count). The van der Waals surface area contributed by atoms with Crippen LogP contribution < -0.4 is 24.8 Å². The summed E-state index contributed by atoms with van der Waals surface area (Å²) < 4.78 is 56.1. The summed E-state index contributed by atoms with van der Waals surface area (Å²) in [5.41, 5.74) is -4.17. The van der Waals surface area contributed by atoms with Crippen LogP contribution >= 0.6 is 0 Å². The zero-order valence-corrected chi connectivity index (χ0v) is 35.5. The number of alkyl carbamates (subject to hydrolysis) is 1. The van der Waals surface area contributed by atoms with Gasteiger partial charge in [0.1, 0.15) is 35.1 Å². The fourth-order valence-corrected chi connectivity index (χ4v) is 8.94. The van der Waals surface area contributed by atoms with Gasteiger partial charge in [-0.1, -0.05) is 34.1 Å². The van der Waals surface area contributed by atoms with Gasteiger partial charge >= 0.3 is 16.4 Å². The SMILES string of the molecule is CCC1CC1(NC(=O)C1CC(Oc2nccc3cc(OC)ccc23)CN1C(=O)C(NC(=O)OC(C)(C)CN1CCOCC1)C(C)(C)C)C(=O)NS(=O)(=O)OC1(C)CC1. The van der Waals surface area contributed by atoms with E-state index in [1.165, 1.54) is 4.90 Å². The summed E-state index contributed by atoms with van der Waals surface area (Å²) >= 11 is 0. The van der Waals surface area contributed by atoms with Gasteiger partial charge in [-0.3, -0.25) is 19.3 Å². The van der Waals surface area contributed by atoms with Crippen molar-refractivity contribution in [3.8, 4) is 11.6 Å². The van der Waals surface area contributed by atoms with E-state index in [1.54, 1.807) is 60.9 Å². The minimum absolute atomic E-state index is 0.00788. The summed E-state index contributed by atoms with van der Waals surface area (Å²) in [6, 6.07) is 4.92. The first-order chi connectivity index (χ1) is 27.2. The summed E-state index contributed by atoms with van der Waals surface area (Å²) in [5.74, 6) is -1.58. The molecule has 320 valence electrons. The normalized spacial score (nSPS) is 25.0. The van der Waals surface area contributed by atoms with Crippen LogP contribution in [0, 0.1) is 11.3 Å². The Morgan fingerprint density at radius 3 is 2.40 bits per heavy atom. The molecule has 2 aliphatic carbocycles. The molecule has 4 fully saturated rings. The average Bonchev–Trinajstić information content (AvgIpc) is 4.01. The maximum absolute atomic E-state index is 14.8. The van der Waals surface area contributed by atoms with Gasteiger partial charge in [-0.05, 0) is 81.0 Å². The number of carbonyl (C=O) groups excluding carboxylic acids is 4. The third kappa shape index (κ3) is 10.1. The smallest absolute Gasteiger partial charge is 0.408 e. The first-order valence-corrected chi connectivity index (χ1v) is 21.4. The van der Waals surface area contributed by atoms with Gasteiger partial charge in [-0.15, -0.1) is 0 Å². The lowest BCUT2D eigenvalue weighted by atomic mass is 9.85.